The van der Waals surface area contributed by atoms with E-state index in [1.807, 2.05) is 0 Å². The third-order valence-electron chi connectivity index (χ3n) is 10.1. The number of para-hydroxylation sites is 1. The molecule has 3 saturated heterocycles. The molecule has 9 N–H and O–H groups in total. The lowest BCUT2D eigenvalue weighted by atomic mass is 9.80. The lowest BCUT2D eigenvalue weighted by Crippen LogP contribution is -2.61. The van der Waals surface area contributed by atoms with Crippen molar-refractivity contribution < 1.29 is 83.6 Å². The highest BCUT2D eigenvalue weighted by Gasteiger charge is 2.82. The summed E-state index contributed by atoms with van der Waals surface area (Å²) in [5.74, 6) is -4.50. The van der Waals surface area contributed by atoms with Crippen LogP contribution in [0.5, 0.6) is 28.7 Å². The summed E-state index contributed by atoms with van der Waals surface area (Å²) >= 11 is 0. The van der Waals surface area contributed by atoms with Gasteiger partial charge in [0, 0.05) is 23.3 Å². The molecule has 5 heterocycles. The molecule has 3 aromatic carbocycles. The van der Waals surface area contributed by atoms with Gasteiger partial charge < -0.3 is 78.8 Å². The number of aliphatic hydroxyl groups excluding tert-OH is 6. The second-order valence-electron chi connectivity index (χ2n) is 13.5. The molecule has 0 bridgehead atoms. The number of hydrogen-bond acceptors (Lipinski definition) is 18. The van der Waals surface area contributed by atoms with Crippen molar-refractivity contribution >= 4 is 16.8 Å². The van der Waals surface area contributed by atoms with Gasteiger partial charge in [0.2, 0.25) is 28.9 Å². The number of fused-ring (bicyclic) bond motifs is 3. The van der Waals surface area contributed by atoms with E-state index < -0.39 is 108 Å². The Bertz CT molecular complexity index is 2170. The average molecular weight is 755 g/mol. The molecule has 286 valence electrons. The maximum Gasteiger partial charge on any atom is 0.280 e. The number of phenols is 3. The predicted octanol–water partition coefficient (Wildman–Crippen LogP) is -0.706. The molecule has 0 radical (unpaired) electrons. The SMILES string of the molecule is C[C@@H]1O[C@@H](OC[C@H]2O[C@@H](Oc3coc4c([C@]56O[C@@]5(c5ccc(O)cc5)Oc5cc(O)cc(O)c5C6=O)cccc4c3=O)[C@H](O)[C@@H](O)[C@@H]2O)[C@H](O)[C@H](O)[C@H]1O. The molecule has 0 amide bonds. The number of ketones is 1. The molecular weight excluding hydrogens is 720 g/mol. The fraction of sp³-hybridized carbons (Fsp3) is 0.389. The normalized spacial score (nSPS) is 35.9. The third kappa shape index (κ3) is 5.34. The van der Waals surface area contributed by atoms with Gasteiger partial charge in [-0.1, -0.05) is 12.1 Å². The molecule has 18 nitrogen and oxygen atoms in total. The van der Waals surface area contributed by atoms with Crippen molar-refractivity contribution in [3.63, 3.8) is 0 Å². The number of ether oxygens (including phenoxy) is 6. The van der Waals surface area contributed by atoms with E-state index in [1.54, 1.807) is 0 Å². The number of aliphatic hydroxyl groups is 6. The van der Waals surface area contributed by atoms with Crippen molar-refractivity contribution in [1.29, 1.82) is 0 Å². The van der Waals surface area contributed by atoms with Crippen LogP contribution in [0.1, 0.15) is 28.4 Å². The number of aromatic hydroxyl groups is 3. The Kier molecular flexibility index (Phi) is 8.62. The average Bonchev–Trinajstić information content (AvgIpc) is 3.84. The molecule has 12 atom stereocenters. The predicted molar refractivity (Wildman–Crippen MR) is 175 cm³/mol. The minimum absolute atomic E-state index is 0.00336. The number of phenolic OH excluding ortho intramolecular Hbond substituents is 3. The highest BCUT2D eigenvalue weighted by atomic mass is 16.8. The van der Waals surface area contributed by atoms with Crippen molar-refractivity contribution in [2.75, 3.05) is 6.61 Å². The van der Waals surface area contributed by atoms with Crippen molar-refractivity contribution in [3.8, 4) is 28.7 Å². The number of carbonyl (C=O) groups is 1. The molecular formula is C36H34O18. The molecule has 3 fully saturated rings. The zero-order valence-corrected chi connectivity index (χ0v) is 28.0. The van der Waals surface area contributed by atoms with Gasteiger partial charge in [0.25, 0.3) is 5.79 Å². The van der Waals surface area contributed by atoms with Gasteiger partial charge in [0.1, 0.15) is 83.1 Å². The first-order valence-corrected chi connectivity index (χ1v) is 16.7. The van der Waals surface area contributed by atoms with Crippen molar-refractivity contribution in [1.82, 2.24) is 0 Å². The van der Waals surface area contributed by atoms with Crippen LogP contribution in [0.3, 0.4) is 0 Å². The van der Waals surface area contributed by atoms with Crippen molar-refractivity contribution in [3.05, 3.63) is 87.8 Å². The van der Waals surface area contributed by atoms with Gasteiger partial charge in [0.05, 0.1) is 18.1 Å². The standard InChI is InChI=1S/C36H34O18/c1-13-24(40)27(43)29(45)33(50-13)49-12-22-26(42)28(44)30(46)34(52-22)51-21-11-48-31-17(25(21)41)3-2-4-18(31)35-32(47)23-19(39)9-16(38)10-20(23)53-36(35,54-35)14-5-7-15(37)8-6-14/h2-11,13,22,24,26-30,33-34,37-40,42-46H,12H2,1H3/t13-,22+,24-,26+,27+,28-,29+,30+,33+,34+,35+,36+/m0/s1. The Hall–Kier alpha value is -4.86. The van der Waals surface area contributed by atoms with Crippen LogP contribution >= 0.6 is 0 Å². The van der Waals surface area contributed by atoms with E-state index in [2.05, 4.69) is 0 Å². The third-order valence-corrected chi connectivity index (χ3v) is 10.1. The Labute approximate surface area is 303 Å². The maximum atomic E-state index is 14.4. The van der Waals surface area contributed by atoms with Crippen molar-refractivity contribution in [2.24, 2.45) is 0 Å². The fourth-order valence-corrected chi connectivity index (χ4v) is 7.18. The van der Waals surface area contributed by atoms with Crippen LogP contribution in [0.25, 0.3) is 11.0 Å². The quantitative estimate of drug-likeness (QED) is 0.105. The summed E-state index contributed by atoms with van der Waals surface area (Å²) in [6, 6.07) is 11.9. The Morgan fingerprint density at radius 3 is 2.22 bits per heavy atom. The smallest absolute Gasteiger partial charge is 0.280 e. The van der Waals surface area contributed by atoms with Gasteiger partial charge in [0.15, 0.2) is 6.29 Å². The fourth-order valence-electron chi connectivity index (χ4n) is 7.18. The minimum atomic E-state index is -2.05. The molecule has 54 heavy (non-hydrogen) atoms. The molecule has 0 unspecified atom stereocenters. The Balaban J connectivity index is 1.11. The van der Waals surface area contributed by atoms with Crippen LogP contribution in [0.2, 0.25) is 0 Å². The van der Waals surface area contributed by atoms with Gasteiger partial charge in [-0.05, 0) is 37.3 Å². The second-order valence-corrected chi connectivity index (χ2v) is 13.5. The molecule has 4 aliphatic heterocycles. The second kappa shape index (κ2) is 12.9. The zero-order chi connectivity index (χ0) is 38.4. The number of hydrogen-bond donors (Lipinski definition) is 9. The number of benzene rings is 3. The number of epoxide rings is 1. The number of rotatable bonds is 7. The summed E-state index contributed by atoms with van der Waals surface area (Å²) in [6.07, 6.45) is -15.0. The van der Waals surface area contributed by atoms with E-state index in [4.69, 9.17) is 32.8 Å². The van der Waals surface area contributed by atoms with E-state index in [1.165, 1.54) is 49.4 Å². The van der Waals surface area contributed by atoms with Crippen LogP contribution < -0.4 is 14.9 Å². The molecule has 18 heteroatoms. The van der Waals surface area contributed by atoms with Crippen LogP contribution in [0, 0.1) is 0 Å². The monoisotopic (exact) mass is 754 g/mol. The first-order chi connectivity index (χ1) is 25.7. The van der Waals surface area contributed by atoms with Gasteiger partial charge in [-0.3, -0.25) is 9.59 Å². The van der Waals surface area contributed by atoms with Crippen LogP contribution in [0.15, 0.2) is 70.1 Å². The first kappa shape index (κ1) is 36.1. The minimum Gasteiger partial charge on any atom is -0.508 e. The summed E-state index contributed by atoms with van der Waals surface area (Å²) < 4.78 is 40.5. The molecule has 0 aliphatic carbocycles. The van der Waals surface area contributed by atoms with Crippen molar-refractivity contribution in [2.45, 2.75) is 79.7 Å². The van der Waals surface area contributed by atoms with E-state index in [-0.39, 0.29) is 39.2 Å². The largest absolute Gasteiger partial charge is 0.508 e. The van der Waals surface area contributed by atoms with Gasteiger partial charge in [-0.2, -0.15) is 0 Å². The highest BCUT2D eigenvalue weighted by Crippen LogP contribution is 2.68. The molecule has 8 rings (SSSR count). The Morgan fingerprint density at radius 2 is 1.48 bits per heavy atom. The topological polar surface area (TPSA) is 288 Å². The molecule has 0 saturated carbocycles. The molecule has 4 aliphatic rings. The summed E-state index contributed by atoms with van der Waals surface area (Å²) in [4.78, 5) is 28.3. The lowest BCUT2D eigenvalue weighted by molar-refractivity contribution is -0.318. The maximum absolute atomic E-state index is 14.4. The summed E-state index contributed by atoms with van der Waals surface area (Å²) in [5.41, 5.74) is -3.09. The van der Waals surface area contributed by atoms with Crippen LogP contribution in [-0.4, -0.2) is 120 Å². The van der Waals surface area contributed by atoms with Gasteiger partial charge >= 0.3 is 0 Å². The van der Waals surface area contributed by atoms with Gasteiger partial charge in [-0.15, -0.1) is 0 Å². The lowest BCUT2D eigenvalue weighted by Gasteiger charge is -2.42. The number of carbonyl (C=O) groups excluding carboxylic acids is 1. The van der Waals surface area contributed by atoms with E-state index in [0.29, 0.717) is 0 Å². The summed E-state index contributed by atoms with van der Waals surface area (Å²) in [7, 11) is 0. The van der Waals surface area contributed by atoms with E-state index in [0.717, 1.165) is 18.4 Å². The molecule has 0 spiro atoms. The first-order valence-electron chi connectivity index (χ1n) is 16.7. The molecule has 1 aromatic heterocycles. The van der Waals surface area contributed by atoms with E-state index >= 15 is 0 Å². The number of Topliss-reactive ketones (excluding diaryl/α,β-unsaturated/α-hetero) is 1. The Morgan fingerprint density at radius 1 is 0.778 bits per heavy atom. The van der Waals surface area contributed by atoms with Gasteiger partial charge in [-0.25, -0.2) is 0 Å². The highest BCUT2D eigenvalue weighted by molar-refractivity contribution is 6.12. The summed E-state index contributed by atoms with van der Waals surface area (Å²) in [5, 5.41) is 92.9. The van der Waals surface area contributed by atoms with Crippen LogP contribution in [0.4, 0.5) is 0 Å². The van der Waals surface area contributed by atoms with E-state index in [9.17, 15) is 55.5 Å². The molecule has 4 aromatic rings. The zero-order valence-electron chi connectivity index (χ0n) is 28.0. The van der Waals surface area contributed by atoms with Crippen LogP contribution in [-0.2, 0) is 30.3 Å². The summed E-state index contributed by atoms with van der Waals surface area (Å²) in [6.45, 7) is 0.863.